The van der Waals surface area contributed by atoms with Crippen LogP contribution in [-0.4, -0.2) is 29.3 Å². The van der Waals surface area contributed by atoms with E-state index in [9.17, 15) is 24.5 Å². The number of nitrogens with one attached hydrogen (secondary N) is 1. The van der Waals surface area contributed by atoms with E-state index < -0.39 is 22.7 Å². The molecule has 1 aromatic heterocycles. The quantitative estimate of drug-likeness (QED) is 0.201. The molecule has 1 saturated heterocycles. The number of esters is 1. The molecule has 0 saturated carbocycles. The smallest absolute Gasteiger partial charge is 0.338 e. The van der Waals surface area contributed by atoms with Gasteiger partial charge in [0.1, 0.15) is 17.1 Å². The van der Waals surface area contributed by atoms with Crippen molar-refractivity contribution in [1.29, 1.82) is 0 Å². The number of ether oxygens (including phenoxy) is 1. The number of amides is 2. The minimum absolute atomic E-state index is 0.0845. The number of nitro groups is 1. The molecule has 1 fully saturated rings. The van der Waals surface area contributed by atoms with Crippen LogP contribution in [0.3, 0.4) is 0 Å². The number of non-ortho nitro benzene ring substituents is 1. The third-order valence-electron chi connectivity index (χ3n) is 4.78. The third-order valence-corrected chi connectivity index (χ3v) is 4.78. The molecule has 0 radical (unpaired) electrons. The predicted molar refractivity (Wildman–Crippen MR) is 117 cm³/mol. The van der Waals surface area contributed by atoms with Crippen molar-refractivity contribution in [1.82, 2.24) is 5.43 Å². The summed E-state index contributed by atoms with van der Waals surface area (Å²) in [6.07, 6.45) is 1.30. The Kier molecular flexibility index (Phi) is 5.73. The highest BCUT2D eigenvalue weighted by Crippen LogP contribution is 2.28. The number of carbonyl (C=O) groups is 3. The van der Waals surface area contributed by atoms with Gasteiger partial charge in [-0.3, -0.25) is 25.1 Å². The molecule has 0 atom stereocenters. The molecular formula is C23H17N3O7. The summed E-state index contributed by atoms with van der Waals surface area (Å²) in [4.78, 5) is 47.4. The van der Waals surface area contributed by atoms with Gasteiger partial charge < -0.3 is 9.15 Å². The van der Waals surface area contributed by atoms with Crippen LogP contribution in [0.5, 0.6) is 0 Å². The average molecular weight is 447 g/mol. The van der Waals surface area contributed by atoms with Crippen LogP contribution in [0.2, 0.25) is 0 Å². The summed E-state index contributed by atoms with van der Waals surface area (Å²) >= 11 is 0. The lowest BCUT2D eigenvalue weighted by atomic mass is 10.1. The Labute approximate surface area is 187 Å². The molecule has 10 nitrogen and oxygen atoms in total. The standard InChI is InChI=1S/C23H17N3O7/c1-2-32-23(29)14-6-8-16(9-7-14)25-22(28)19(21(27)24-25)13-18-10-11-20(33-18)15-4-3-5-17(12-15)26(30)31/h3-13H,2H2,1H3,(H,24,27)/b19-13-. The monoisotopic (exact) mass is 447 g/mol. The highest BCUT2D eigenvalue weighted by atomic mass is 16.6. The molecule has 3 aromatic rings. The fraction of sp³-hybridized carbons (Fsp3) is 0.0870. The summed E-state index contributed by atoms with van der Waals surface area (Å²) in [7, 11) is 0. The number of furan rings is 1. The Morgan fingerprint density at radius 3 is 2.61 bits per heavy atom. The van der Waals surface area contributed by atoms with E-state index in [0.717, 1.165) is 5.01 Å². The van der Waals surface area contributed by atoms with Crippen LogP contribution in [0.1, 0.15) is 23.0 Å². The van der Waals surface area contributed by atoms with Crippen molar-refractivity contribution in [2.24, 2.45) is 0 Å². The first-order valence-corrected chi connectivity index (χ1v) is 9.86. The fourth-order valence-corrected chi connectivity index (χ4v) is 3.20. The first-order chi connectivity index (χ1) is 15.9. The molecule has 0 bridgehead atoms. The van der Waals surface area contributed by atoms with E-state index >= 15 is 0 Å². The fourth-order valence-electron chi connectivity index (χ4n) is 3.20. The van der Waals surface area contributed by atoms with Gasteiger partial charge in [-0.05, 0) is 49.4 Å². The first-order valence-electron chi connectivity index (χ1n) is 9.86. The summed E-state index contributed by atoms with van der Waals surface area (Å²) in [5.74, 6) is -1.13. The largest absolute Gasteiger partial charge is 0.462 e. The molecule has 2 amide bonds. The maximum Gasteiger partial charge on any atom is 0.338 e. The van der Waals surface area contributed by atoms with Crippen molar-refractivity contribution in [2.75, 3.05) is 11.6 Å². The van der Waals surface area contributed by atoms with Gasteiger partial charge in [0.15, 0.2) is 0 Å². The van der Waals surface area contributed by atoms with E-state index in [1.807, 2.05) is 0 Å². The third kappa shape index (κ3) is 4.35. The van der Waals surface area contributed by atoms with Crippen LogP contribution in [0.25, 0.3) is 17.4 Å². The molecule has 2 aromatic carbocycles. The molecule has 33 heavy (non-hydrogen) atoms. The molecule has 166 valence electrons. The summed E-state index contributed by atoms with van der Waals surface area (Å²) in [6.45, 7) is 1.94. The second-order valence-electron chi connectivity index (χ2n) is 6.92. The van der Waals surface area contributed by atoms with Crippen molar-refractivity contribution < 1.29 is 28.5 Å². The minimum atomic E-state index is -0.622. The molecular weight excluding hydrogens is 430 g/mol. The Hall–Kier alpha value is -4.73. The van der Waals surface area contributed by atoms with E-state index in [4.69, 9.17) is 9.15 Å². The molecule has 0 spiro atoms. The predicted octanol–water partition coefficient (Wildman–Crippen LogP) is 3.49. The van der Waals surface area contributed by atoms with Crippen molar-refractivity contribution >= 4 is 35.2 Å². The van der Waals surface area contributed by atoms with Gasteiger partial charge in [-0.2, -0.15) is 0 Å². The molecule has 10 heteroatoms. The van der Waals surface area contributed by atoms with Gasteiger partial charge in [0.2, 0.25) is 0 Å². The van der Waals surface area contributed by atoms with Gasteiger partial charge in [0, 0.05) is 17.7 Å². The van der Waals surface area contributed by atoms with Crippen LogP contribution in [0, 0.1) is 10.1 Å². The lowest BCUT2D eigenvalue weighted by Crippen LogP contribution is -2.35. The molecule has 0 aliphatic carbocycles. The number of nitro benzene ring substituents is 1. The number of hydrogen-bond acceptors (Lipinski definition) is 7. The van der Waals surface area contributed by atoms with Gasteiger partial charge in [-0.15, -0.1) is 0 Å². The van der Waals surface area contributed by atoms with Crippen LogP contribution in [0.4, 0.5) is 11.4 Å². The van der Waals surface area contributed by atoms with Crippen molar-refractivity contribution in [3.63, 3.8) is 0 Å². The van der Waals surface area contributed by atoms with Gasteiger partial charge >= 0.3 is 5.97 Å². The van der Waals surface area contributed by atoms with E-state index in [1.165, 1.54) is 48.5 Å². The summed E-state index contributed by atoms with van der Waals surface area (Å²) < 4.78 is 10.6. The average Bonchev–Trinajstić information content (AvgIpc) is 3.40. The number of hydrogen-bond donors (Lipinski definition) is 1. The number of carbonyl (C=O) groups excluding carboxylic acids is 3. The second kappa shape index (κ2) is 8.79. The number of benzene rings is 2. The maximum absolute atomic E-state index is 12.8. The van der Waals surface area contributed by atoms with E-state index in [1.54, 1.807) is 25.1 Å². The van der Waals surface area contributed by atoms with Gasteiger partial charge in [0.05, 0.1) is 22.8 Å². The summed E-state index contributed by atoms with van der Waals surface area (Å²) in [5.41, 5.74) is 3.40. The summed E-state index contributed by atoms with van der Waals surface area (Å²) in [6, 6.07) is 15.1. The van der Waals surface area contributed by atoms with Gasteiger partial charge in [0.25, 0.3) is 17.5 Å². The lowest BCUT2D eigenvalue weighted by molar-refractivity contribution is -0.384. The van der Waals surface area contributed by atoms with Gasteiger partial charge in [-0.25, -0.2) is 9.80 Å². The van der Waals surface area contributed by atoms with Crippen molar-refractivity contribution in [3.8, 4) is 11.3 Å². The van der Waals surface area contributed by atoms with Crippen LogP contribution < -0.4 is 10.4 Å². The second-order valence-corrected chi connectivity index (χ2v) is 6.92. The molecule has 1 aliphatic heterocycles. The molecule has 4 rings (SSSR count). The van der Waals surface area contributed by atoms with Crippen molar-refractivity contribution in [2.45, 2.75) is 6.92 Å². The molecule has 1 aliphatic rings. The Morgan fingerprint density at radius 2 is 1.91 bits per heavy atom. The Bertz CT molecular complexity index is 1290. The zero-order valence-corrected chi connectivity index (χ0v) is 17.3. The van der Waals surface area contributed by atoms with Crippen LogP contribution in [0.15, 0.2) is 70.7 Å². The van der Waals surface area contributed by atoms with E-state index in [0.29, 0.717) is 22.6 Å². The van der Waals surface area contributed by atoms with Crippen LogP contribution >= 0.6 is 0 Å². The molecule has 1 N–H and O–H groups in total. The minimum Gasteiger partial charge on any atom is -0.462 e. The highest BCUT2D eigenvalue weighted by Gasteiger charge is 2.34. The Balaban J connectivity index is 1.55. The maximum atomic E-state index is 12.8. The first kappa shape index (κ1) is 21.5. The summed E-state index contributed by atoms with van der Waals surface area (Å²) in [5, 5.41) is 12.0. The topological polar surface area (TPSA) is 132 Å². The number of anilines is 1. The Morgan fingerprint density at radius 1 is 1.15 bits per heavy atom. The molecule has 0 unspecified atom stereocenters. The van der Waals surface area contributed by atoms with Gasteiger partial charge in [-0.1, -0.05) is 12.1 Å². The van der Waals surface area contributed by atoms with E-state index in [2.05, 4.69) is 5.43 Å². The number of nitrogens with zero attached hydrogens (tertiary/aromatic N) is 2. The molecule has 2 heterocycles. The number of rotatable bonds is 6. The number of hydrazine groups is 1. The lowest BCUT2D eigenvalue weighted by Gasteiger charge is -2.14. The van der Waals surface area contributed by atoms with E-state index in [-0.39, 0.29) is 23.6 Å². The van der Waals surface area contributed by atoms with Crippen LogP contribution in [-0.2, 0) is 14.3 Å². The zero-order chi connectivity index (χ0) is 23.5. The SMILES string of the molecule is CCOC(=O)c1ccc(N2NC(=O)/C(=C/c3ccc(-c4cccc([N+](=O)[O-])c4)o3)C2=O)cc1. The highest BCUT2D eigenvalue weighted by molar-refractivity contribution is 6.31. The zero-order valence-electron chi connectivity index (χ0n) is 17.3. The van der Waals surface area contributed by atoms with Crippen molar-refractivity contribution in [3.05, 3.63) is 87.7 Å². The normalized spacial score (nSPS) is 14.5.